The van der Waals surface area contributed by atoms with Crippen LogP contribution in [0.5, 0.6) is 0 Å². The molecule has 0 saturated heterocycles. The van der Waals surface area contributed by atoms with E-state index in [4.69, 9.17) is 9.47 Å². The first-order chi connectivity index (χ1) is 5.66. The molecular weight excluding hydrogens is 232 g/mol. The van der Waals surface area contributed by atoms with E-state index in [9.17, 15) is 0 Å². The van der Waals surface area contributed by atoms with Gasteiger partial charge in [-0.15, -0.1) is 50.5 Å². The Bertz CT molecular complexity index is 246. The Kier molecular flexibility index (Phi) is 4.09. The van der Waals surface area contributed by atoms with Crippen LogP contribution in [-0.2, 0) is 9.47 Å². The lowest BCUT2D eigenvalue weighted by atomic mass is 10.4. The summed E-state index contributed by atoms with van der Waals surface area (Å²) in [5, 5.41) is 0.452. The van der Waals surface area contributed by atoms with Crippen LogP contribution in [0.25, 0.3) is 0 Å². The minimum Gasteiger partial charge on any atom is -0.481 e. The van der Waals surface area contributed by atoms with Gasteiger partial charge in [0.15, 0.2) is 10.9 Å². The zero-order valence-corrected chi connectivity index (χ0v) is 9.60. The van der Waals surface area contributed by atoms with E-state index < -0.39 is 0 Å². The van der Waals surface area contributed by atoms with Crippen LogP contribution in [0.1, 0.15) is 0 Å². The van der Waals surface area contributed by atoms with Crippen molar-refractivity contribution in [3.63, 3.8) is 0 Å². The smallest absolute Gasteiger partial charge is 0.167 e. The van der Waals surface area contributed by atoms with Gasteiger partial charge in [0.1, 0.15) is 12.5 Å². The van der Waals surface area contributed by atoms with Crippen molar-refractivity contribution in [2.45, 2.75) is 0 Å². The van der Waals surface area contributed by atoms with E-state index in [0.29, 0.717) is 27.3 Å². The Morgan fingerprint density at radius 1 is 1.33 bits per heavy atom. The molecule has 1 rings (SSSR count). The molecule has 2 nitrogen and oxygen atoms in total. The molecule has 0 N–H and O–H groups in total. The third-order valence-electron chi connectivity index (χ3n) is 1.23. The van der Waals surface area contributed by atoms with Gasteiger partial charge in [-0.25, -0.2) is 0 Å². The molecule has 0 amide bonds. The van der Waals surface area contributed by atoms with Crippen LogP contribution in [0, 0.1) is 0 Å². The van der Waals surface area contributed by atoms with Gasteiger partial charge in [0.25, 0.3) is 0 Å². The molecule has 1 aliphatic heterocycles. The lowest BCUT2D eigenvalue weighted by Crippen LogP contribution is -2.07. The average molecular weight is 240 g/mol. The first-order valence-electron chi connectivity index (χ1n) is 3.08. The molecule has 0 aromatic rings. The van der Waals surface area contributed by atoms with Crippen molar-refractivity contribution in [1.29, 1.82) is 0 Å². The molecule has 1 heterocycles. The molecule has 0 bridgehead atoms. The van der Waals surface area contributed by atoms with E-state index in [1.807, 2.05) is 0 Å². The average Bonchev–Trinajstić information content (AvgIpc) is 2.06. The van der Waals surface area contributed by atoms with E-state index in [0.717, 1.165) is 0 Å². The highest BCUT2D eigenvalue weighted by atomic mass is 32.1. The fourth-order valence-electron chi connectivity index (χ4n) is 0.721. The summed E-state index contributed by atoms with van der Waals surface area (Å²) >= 11 is 16.3. The highest BCUT2D eigenvalue weighted by Crippen LogP contribution is 2.32. The molecule has 0 fully saturated rings. The summed E-state index contributed by atoms with van der Waals surface area (Å²) in [6.07, 6.45) is 0. The van der Waals surface area contributed by atoms with Crippen molar-refractivity contribution in [3.05, 3.63) is 20.7 Å². The van der Waals surface area contributed by atoms with Gasteiger partial charge in [-0.05, 0) is 0 Å². The lowest BCUT2D eigenvalue weighted by molar-refractivity contribution is 0.231. The van der Waals surface area contributed by atoms with Crippen molar-refractivity contribution in [2.75, 3.05) is 12.5 Å². The highest BCUT2D eigenvalue weighted by molar-refractivity contribution is 7.89. The van der Waals surface area contributed by atoms with Gasteiger partial charge in [0.05, 0.1) is 9.81 Å². The highest BCUT2D eigenvalue weighted by Gasteiger charge is 2.18. The van der Waals surface area contributed by atoms with Gasteiger partial charge in [-0.1, -0.05) is 0 Å². The topological polar surface area (TPSA) is 18.5 Å². The van der Waals surface area contributed by atoms with Crippen molar-refractivity contribution in [3.8, 4) is 0 Å². The van der Waals surface area contributed by atoms with Gasteiger partial charge in [-0.3, -0.25) is 0 Å². The second-order valence-electron chi connectivity index (χ2n) is 1.99. The van der Waals surface area contributed by atoms with Crippen molar-refractivity contribution < 1.29 is 9.47 Å². The fourth-order valence-corrected chi connectivity index (χ4v) is 1.61. The van der Waals surface area contributed by atoms with Crippen LogP contribution in [0.2, 0.25) is 0 Å². The van der Waals surface area contributed by atoms with Gasteiger partial charge in [0, 0.05) is 0 Å². The zero-order valence-electron chi connectivity index (χ0n) is 6.02. The van der Waals surface area contributed by atoms with Crippen molar-refractivity contribution in [1.82, 2.24) is 0 Å². The van der Waals surface area contributed by atoms with E-state index in [-0.39, 0.29) is 5.94 Å². The number of hydrogen-bond acceptors (Lipinski definition) is 6. The molecule has 68 valence electrons. The predicted molar refractivity (Wildman–Crippen MR) is 61.9 cm³/mol. The summed E-state index contributed by atoms with van der Waals surface area (Å²) in [5.74, 6) is 0.873. The third-order valence-corrected chi connectivity index (χ3v) is 2.63. The molecule has 6 heteroatoms. The van der Waals surface area contributed by atoms with Gasteiger partial charge < -0.3 is 9.47 Å². The zero-order chi connectivity index (χ0) is 9.14. The van der Waals surface area contributed by atoms with Gasteiger partial charge >= 0.3 is 0 Å². The van der Waals surface area contributed by atoms with E-state index in [1.54, 1.807) is 0 Å². The van der Waals surface area contributed by atoms with Gasteiger partial charge in [0.2, 0.25) is 0 Å². The monoisotopic (exact) mass is 240 g/mol. The normalized spacial score (nSPS) is 18.0. The predicted octanol–water partition coefficient (Wildman–Crippen LogP) is 2.09. The first kappa shape index (κ1) is 10.6. The quantitative estimate of drug-likeness (QED) is 0.438. The van der Waals surface area contributed by atoms with Crippen molar-refractivity contribution in [2.24, 2.45) is 0 Å². The molecule has 0 saturated carbocycles. The lowest BCUT2D eigenvalue weighted by Gasteiger charge is -2.19. The molecule has 0 aliphatic carbocycles. The Morgan fingerprint density at radius 2 is 2.00 bits per heavy atom. The maximum atomic E-state index is 5.18. The maximum Gasteiger partial charge on any atom is 0.167 e. The number of ether oxygens (including phenoxy) is 2. The Labute approximate surface area is 93.0 Å². The second-order valence-corrected chi connectivity index (χ2v) is 3.64. The molecule has 0 aromatic heterocycles. The standard InChI is InChI=1S/C6H8O2S4/c9-2-8-4-3(10)1-7-6(12)5(4)11/h9-12H,1-2H2. The van der Waals surface area contributed by atoms with E-state index in [2.05, 4.69) is 50.5 Å². The fraction of sp³-hybridized carbons (Fsp3) is 0.333. The second kappa shape index (κ2) is 4.64. The minimum absolute atomic E-state index is 0.282. The molecule has 12 heavy (non-hydrogen) atoms. The summed E-state index contributed by atoms with van der Waals surface area (Å²) in [6, 6.07) is 0. The first-order valence-corrected chi connectivity index (χ1v) is 5.05. The Balaban J connectivity index is 2.90. The summed E-state index contributed by atoms with van der Waals surface area (Å²) < 4.78 is 10.3. The molecule has 0 unspecified atom stereocenters. The molecular formula is C6H8O2S4. The molecule has 0 atom stereocenters. The van der Waals surface area contributed by atoms with Crippen molar-refractivity contribution >= 4 is 50.5 Å². The summed E-state index contributed by atoms with van der Waals surface area (Å²) in [4.78, 5) is 1.26. The molecule has 0 spiro atoms. The molecule has 0 radical (unpaired) electrons. The summed E-state index contributed by atoms with van der Waals surface area (Å²) in [5.41, 5.74) is 0. The van der Waals surface area contributed by atoms with Crippen LogP contribution in [0.3, 0.4) is 0 Å². The maximum absolute atomic E-state index is 5.18. The van der Waals surface area contributed by atoms with Crippen LogP contribution >= 0.6 is 50.5 Å². The van der Waals surface area contributed by atoms with E-state index >= 15 is 0 Å². The SMILES string of the molecule is SCOC1=C(S)COC(S)=C1S. The number of hydrogen-bond donors (Lipinski definition) is 4. The van der Waals surface area contributed by atoms with Crippen LogP contribution in [0.4, 0.5) is 0 Å². The minimum atomic E-state index is 0.282. The van der Waals surface area contributed by atoms with Crippen LogP contribution in [-0.4, -0.2) is 12.5 Å². The third kappa shape index (κ3) is 2.25. The van der Waals surface area contributed by atoms with Crippen LogP contribution in [0.15, 0.2) is 20.7 Å². The molecule has 1 aliphatic rings. The number of rotatable bonds is 2. The number of thiol groups is 4. The molecule has 0 aromatic carbocycles. The summed E-state index contributed by atoms with van der Waals surface area (Å²) in [7, 11) is 0. The van der Waals surface area contributed by atoms with Crippen LogP contribution < -0.4 is 0 Å². The van der Waals surface area contributed by atoms with Gasteiger partial charge in [-0.2, -0.15) is 0 Å². The van der Waals surface area contributed by atoms with E-state index in [1.165, 1.54) is 0 Å². The Hall–Kier alpha value is 0.480. The summed E-state index contributed by atoms with van der Waals surface area (Å²) in [6.45, 7) is 0.370. The largest absolute Gasteiger partial charge is 0.481 e. The Morgan fingerprint density at radius 3 is 2.58 bits per heavy atom.